The lowest BCUT2D eigenvalue weighted by atomic mass is 10.2. The Morgan fingerprint density at radius 2 is 1.77 bits per heavy atom. The second-order valence-corrected chi connectivity index (χ2v) is 4.90. The number of methoxy groups -OCH3 is 1. The van der Waals surface area contributed by atoms with Crippen LogP contribution in [0.5, 0.6) is 0 Å². The molecule has 0 spiro atoms. The van der Waals surface area contributed by atoms with Crippen LogP contribution in [0.4, 0.5) is 11.5 Å². The fraction of sp³-hybridized carbons (Fsp3) is 0.118. The summed E-state index contributed by atoms with van der Waals surface area (Å²) >= 11 is 0. The fourth-order valence-electron chi connectivity index (χ4n) is 2.19. The van der Waals surface area contributed by atoms with E-state index in [9.17, 15) is 4.79 Å². The zero-order valence-electron chi connectivity index (χ0n) is 12.3. The Labute approximate surface area is 128 Å². The molecule has 0 unspecified atom stereocenters. The van der Waals surface area contributed by atoms with Gasteiger partial charge in [0.1, 0.15) is 0 Å². The quantitative estimate of drug-likeness (QED) is 0.749. The van der Waals surface area contributed by atoms with Gasteiger partial charge in [0.15, 0.2) is 11.5 Å². The van der Waals surface area contributed by atoms with E-state index < -0.39 is 5.97 Å². The molecule has 2 aromatic carbocycles. The lowest BCUT2D eigenvalue weighted by Crippen LogP contribution is -2.10. The Morgan fingerprint density at radius 3 is 2.45 bits per heavy atom. The number of nitrogens with zero attached hydrogens (tertiary/aromatic N) is 2. The van der Waals surface area contributed by atoms with Crippen molar-refractivity contribution in [2.45, 2.75) is 6.92 Å². The number of para-hydroxylation sites is 2. The number of nitrogens with one attached hydrogen (secondary N) is 1. The number of hydrogen-bond acceptors (Lipinski definition) is 5. The van der Waals surface area contributed by atoms with Crippen LogP contribution < -0.4 is 5.32 Å². The van der Waals surface area contributed by atoms with Gasteiger partial charge in [-0.1, -0.05) is 24.3 Å². The van der Waals surface area contributed by atoms with Crippen LogP contribution in [0.3, 0.4) is 0 Å². The Kier molecular flexibility index (Phi) is 3.70. The first-order chi connectivity index (χ1) is 10.7. The van der Waals surface area contributed by atoms with E-state index >= 15 is 0 Å². The summed E-state index contributed by atoms with van der Waals surface area (Å²) in [6.07, 6.45) is 0. The number of aromatic nitrogens is 2. The summed E-state index contributed by atoms with van der Waals surface area (Å²) in [7, 11) is 1.33. The van der Waals surface area contributed by atoms with E-state index in [1.807, 2.05) is 55.5 Å². The fourth-order valence-corrected chi connectivity index (χ4v) is 2.19. The van der Waals surface area contributed by atoms with E-state index in [0.717, 1.165) is 11.3 Å². The van der Waals surface area contributed by atoms with Gasteiger partial charge >= 0.3 is 5.97 Å². The molecule has 110 valence electrons. The van der Waals surface area contributed by atoms with Crippen molar-refractivity contribution < 1.29 is 9.53 Å². The minimum Gasteiger partial charge on any atom is -0.464 e. The third-order valence-electron chi connectivity index (χ3n) is 3.23. The van der Waals surface area contributed by atoms with Crippen LogP contribution in [0.1, 0.15) is 16.1 Å². The van der Waals surface area contributed by atoms with Gasteiger partial charge < -0.3 is 10.1 Å². The van der Waals surface area contributed by atoms with Crippen molar-refractivity contribution in [2.24, 2.45) is 0 Å². The summed E-state index contributed by atoms with van der Waals surface area (Å²) in [5.41, 5.74) is 3.49. The predicted octanol–water partition coefficient (Wildman–Crippen LogP) is 3.47. The van der Waals surface area contributed by atoms with Crippen LogP contribution in [0, 0.1) is 6.92 Å². The smallest absolute Gasteiger partial charge is 0.360 e. The molecule has 0 amide bonds. The molecule has 0 bridgehead atoms. The lowest BCUT2D eigenvalue weighted by molar-refractivity contribution is 0.0595. The number of aryl methyl sites for hydroxylation is 1. The second-order valence-electron chi connectivity index (χ2n) is 4.90. The first-order valence-electron chi connectivity index (χ1n) is 6.86. The number of fused-ring (bicyclic) bond motifs is 1. The van der Waals surface area contributed by atoms with Crippen LogP contribution in [0.2, 0.25) is 0 Å². The van der Waals surface area contributed by atoms with E-state index in [-0.39, 0.29) is 5.69 Å². The van der Waals surface area contributed by atoms with Gasteiger partial charge in [-0.15, -0.1) is 0 Å². The third kappa shape index (κ3) is 2.74. The molecule has 1 aromatic heterocycles. The molecule has 3 aromatic rings. The zero-order valence-corrected chi connectivity index (χ0v) is 12.3. The number of esters is 1. The van der Waals surface area contributed by atoms with Gasteiger partial charge in [-0.05, 0) is 36.8 Å². The first-order valence-corrected chi connectivity index (χ1v) is 6.86. The number of anilines is 2. The molecule has 0 aliphatic heterocycles. The standard InChI is InChI=1S/C17H15N3O2/c1-11-6-5-7-12(10-11)18-16-15(17(21)22-2)19-13-8-3-4-9-14(13)20-16/h3-10H,1-2H3,(H,18,20). The summed E-state index contributed by atoms with van der Waals surface area (Å²) < 4.78 is 4.81. The van der Waals surface area contributed by atoms with Gasteiger partial charge in [0.2, 0.25) is 0 Å². The van der Waals surface area contributed by atoms with Crippen molar-refractivity contribution in [1.82, 2.24) is 9.97 Å². The molecule has 1 N–H and O–H groups in total. The molecule has 0 saturated heterocycles. The van der Waals surface area contributed by atoms with E-state index in [4.69, 9.17) is 4.74 Å². The molecule has 3 rings (SSSR count). The van der Waals surface area contributed by atoms with Crippen LogP contribution >= 0.6 is 0 Å². The highest BCUT2D eigenvalue weighted by atomic mass is 16.5. The van der Waals surface area contributed by atoms with E-state index in [0.29, 0.717) is 16.9 Å². The van der Waals surface area contributed by atoms with Crippen LogP contribution in [0.15, 0.2) is 48.5 Å². The SMILES string of the molecule is COC(=O)c1nc2ccccc2nc1Nc1cccc(C)c1. The maximum absolute atomic E-state index is 12.0. The highest BCUT2D eigenvalue weighted by molar-refractivity contribution is 5.96. The van der Waals surface area contributed by atoms with Gasteiger partial charge in [-0.2, -0.15) is 0 Å². The highest BCUT2D eigenvalue weighted by Crippen LogP contribution is 2.22. The second kappa shape index (κ2) is 5.81. The van der Waals surface area contributed by atoms with Crippen molar-refractivity contribution in [3.63, 3.8) is 0 Å². The van der Waals surface area contributed by atoms with Gasteiger partial charge in [-0.25, -0.2) is 14.8 Å². The molecule has 0 saturated carbocycles. The van der Waals surface area contributed by atoms with Gasteiger partial charge in [0, 0.05) is 5.69 Å². The van der Waals surface area contributed by atoms with Crippen molar-refractivity contribution in [3.8, 4) is 0 Å². The number of hydrogen-bond donors (Lipinski definition) is 1. The number of benzene rings is 2. The molecule has 0 fully saturated rings. The molecule has 0 aliphatic rings. The summed E-state index contributed by atoms with van der Waals surface area (Å²) in [4.78, 5) is 20.8. The monoisotopic (exact) mass is 293 g/mol. The number of carbonyl (C=O) groups excluding carboxylic acids is 1. The number of carbonyl (C=O) groups is 1. The molecule has 0 aliphatic carbocycles. The molecule has 22 heavy (non-hydrogen) atoms. The average Bonchev–Trinajstić information content (AvgIpc) is 2.53. The summed E-state index contributed by atoms with van der Waals surface area (Å²) in [5, 5.41) is 3.15. The van der Waals surface area contributed by atoms with Crippen LogP contribution in [0.25, 0.3) is 11.0 Å². The maximum Gasteiger partial charge on any atom is 0.360 e. The predicted molar refractivity (Wildman–Crippen MR) is 85.3 cm³/mol. The molecular weight excluding hydrogens is 278 g/mol. The zero-order chi connectivity index (χ0) is 15.5. The van der Waals surface area contributed by atoms with Crippen molar-refractivity contribution >= 4 is 28.5 Å². The summed E-state index contributed by atoms with van der Waals surface area (Å²) in [6.45, 7) is 2.00. The summed E-state index contributed by atoms with van der Waals surface area (Å²) in [5.74, 6) is -0.135. The van der Waals surface area contributed by atoms with Crippen molar-refractivity contribution in [3.05, 3.63) is 59.8 Å². The average molecular weight is 293 g/mol. The Morgan fingerprint density at radius 1 is 1.05 bits per heavy atom. The minimum atomic E-state index is -0.520. The Hall–Kier alpha value is -2.95. The Bertz CT molecular complexity index is 846. The first kappa shape index (κ1) is 14.0. The van der Waals surface area contributed by atoms with E-state index in [2.05, 4.69) is 15.3 Å². The molecule has 1 heterocycles. The van der Waals surface area contributed by atoms with Crippen LogP contribution in [-0.4, -0.2) is 23.0 Å². The summed E-state index contributed by atoms with van der Waals surface area (Å²) in [6, 6.07) is 15.2. The molecular formula is C17H15N3O2. The third-order valence-corrected chi connectivity index (χ3v) is 3.23. The number of ether oxygens (including phenoxy) is 1. The van der Waals surface area contributed by atoms with E-state index in [1.165, 1.54) is 7.11 Å². The Balaban J connectivity index is 2.11. The maximum atomic E-state index is 12.0. The molecule has 5 nitrogen and oxygen atoms in total. The highest BCUT2D eigenvalue weighted by Gasteiger charge is 2.17. The molecule has 0 atom stereocenters. The normalized spacial score (nSPS) is 10.5. The number of rotatable bonds is 3. The molecule has 0 radical (unpaired) electrons. The van der Waals surface area contributed by atoms with Gasteiger partial charge in [0.05, 0.1) is 18.1 Å². The topological polar surface area (TPSA) is 64.1 Å². The van der Waals surface area contributed by atoms with Crippen LogP contribution in [-0.2, 0) is 4.74 Å². The largest absolute Gasteiger partial charge is 0.464 e. The minimum absolute atomic E-state index is 0.169. The van der Waals surface area contributed by atoms with Gasteiger partial charge in [-0.3, -0.25) is 0 Å². The van der Waals surface area contributed by atoms with E-state index in [1.54, 1.807) is 0 Å². The van der Waals surface area contributed by atoms with Crippen molar-refractivity contribution in [2.75, 3.05) is 12.4 Å². The van der Waals surface area contributed by atoms with Crippen molar-refractivity contribution in [1.29, 1.82) is 0 Å². The lowest BCUT2D eigenvalue weighted by Gasteiger charge is -2.11. The molecule has 5 heteroatoms. The van der Waals surface area contributed by atoms with Gasteiger partial charge in [0.25, 0.3) is 0 Å².